The molecule has 0 fully saturated rings. The van der Waals surface area contributed by atoms with Crippen molar-refractivity contribution in [2.45, 2.75) is 38.0 Å². The Kier molecular flexibility index (Phi) is 3.59. The zero-order chi connectivity index (χ0) is 11.5. The second-order valence-corrected chi connectivity index (χ2v) is 4.62. The fourth-order valence-corrected chi connectivity index (χ4v) is 2.33. The normalized spacial score (nSPS) is 25.4. The van der Waals surface area contributed by atoms with Crippen LogP contribution in [0.4, 0.5) is 0 Å². The van der Waals surface area contributed by atoms with Gasteiger partial charge in [0.05, 0.1) is 6.10 Å². The number of aliphatic hydroxyl groups excluding tert-OH is 1. The van der Waals surface area contributed by atoms with Crippen LogP contribution in [0, 0.1) is 0 Å². The molecule has 1 aromatic carbocycles. The average Bonchev–Trinajstić information content (AvgIpc) is 2.57. The number of nitrogens with two attached hydrogens (primary N) is 1. The SMILES string of the molecule is CC(O)CCNC1CC(N)c2ccccc21. The van der Waals surface area contributed by atoms with Crippen LogP contribution in [0.25, 0.3) is 0 Å². The number of aliphatic hydroxyl groups is 1. The molecule has 0 amide bonds. The highest BCUT2D eigenvalue weighted by atomic mass is 16.3. The third kappa shape index (κ3) is 2.43. The predicted octanol–water partition coefficient (Wildman–Crippen LogP) is 1.49. The van der Waals surface area contributed by atoms with Crippen LogP contribution in [0.15, 0.2) is 24.3 Å². The van der Waals surface area contributed by atoms with Gasteiger partial charge in [0, 0.05) is 12.1 Å². The lowest BCUT2D eigenvalue weighted by Gasteiger charge is -2.14. The van der Waals surface area contributed by atoms with E-state index in [0.717, 1.165) is 19.4 Å². The predicted molar refractivity (Wildman–Crippen MR) is 65.0 cm³/mol. The van der Waals surface area contributed by atoms with E-state index in [-0.39, 0.29) is 12.1 Å². The van der Waals surface area contributed by atoms with Crippen LogP contribution in [0.3, 0.4) is 0 Å². The molecule has 0 saturated heterocycles. The largest absolute Gasteiger partial charge is 0.393 e. The minimum atomic E-state index is -0.238. The molecule has 1 aliphatic rings. The van der Waals surface area contributed by atoms with Crippen LogP contribution < -0.4 is 11.1 Å². The summed E-state index contributed by atoms with van der Waals surface area (Å²) in [6, 6.07) is 8.85. The van der Waals surface area contributed by atoms with Gasteiger partial charge in [-0.3, -0.25) is 0 Å². The van der Waals surface area contributed by atoms with Gasteiger partial charge < -0.3 is 16.2 Å². The second kappa shape index (κ2) is 4.95. The van der Waals surface area contributed by atoms with E-state index in [9.17, 15) is 5.11 Å². The van der Waals surface area contributed by atoms with Crippen LogP contribution in [0.5, 0.6) is 0 Å². The molecule has 0 aromatic heterocycles. The molecule has 16 heavy (non-hydrogen) atoms. The molecule has 4 N–H and O–H groups in total. The van der Waals surface area contributed by atoms with Gasteiger partial charge in [-0.05, 0) is 37.4 Å². The van der Waals surface area contributed by atoms with Crippen molar-refractivity contribution in [2.75, 3.05) is 6.54 Å². The highest BCUT2D eigenvalue weighted by Gasteiger charge is 2.27. The molecular formula is C13H20N2O. The summed E-state index contributed by atoms with van der Waals surface area (Å²) < 4.78 is 0. The Bertz CT molecular complexity index is 352. The smallest absolute Gasteiger partial charge is 0.0524 e. The Labute approximate surface area is 96.7 Å². The Hall–Kier alpha value is -0.900. The minimum Gasteiger partial charge on any atom is -0.393 e. The number of hydrogen-bond donors (Lipinski definition) is 3. The highest BCUT2D eigenvalue weighted by Crippen LogP contribution is 2.36. The number of rotatable bonds is 4. The summed E-state index contributed by atoms with van der Waals surface area (Å²) in [6.45, 7) is 2.65. The van der Waals surface area contributed by atoms with Gasteiger partial charge in [-0.1, -0.05) is 24.3 Å². The van der Waals surface area contributed by atoms with Gasteiger partial charge >= 0.3 is 0 Å². The number of nitrogens with one attached hydrogen (secondary N) is 1. The molecule has 0 heterocycles. The molecule has 0 bridgehead atoms. The zero-order valence-electron chi connectivity index (χ0n) is 9.69. The Balaban J connectivity index is 1.98. The fraction of sp³-hybridized carbons (Fsp3) is 0.538. The molecule has 3 heteroatoms. The summed E-state index contributed by atoms with van der Waals surface area (Å²) in [7, 11) is 0. The first-order chi connectivity index (χ1) is 7.68. The van der Waals surface area contributed by atoms with Crippen LogP contribution in [-0.4, -0.2) is 17.8 Å². The van der Waals surface area contributed by atoms with E-state index < -0.39 is 0 Å². The van der Waals surface area contributed by atoms with Gasteiger partial charge in [0.1, 0.15) is 0 Å². The Morgan fingerprint density at radius 2 is 2.12 bits per heavy atom. The number of hydrogen-bond acceptors (Lipinski definition) is 3. The van der Waals surface area contributed by atoms with E-state index in [1.54, 1.807) is 0 Å². The van der Waals surface area contributed by atoms with Crippen molar-refractivity contribution in [1.82, 2.24) is 5.32 Å². The first-order valence-corrected chi connectivity index (χ1v) is 5.94. The van der Waals surface area contributed by atoms with Gasteiger partial charge in [0.25, 0.3) is 0 Å². The van der Waals surface area contributed by atoms with E-state index in [0.29, 0.717) is 6.04 Å². The van der Waals surface area contributed by atoms with Gasteiger partial charge in [-0.15, -0.1) is 0 Å². The van der Waals surface area contributed by atoms with Crippen LogP contribution in [-0.2, 0) is 0 Å². The summed E-state index contributed by atoms with van der Waals surface area (Å²) >= 11 is 0. The Morgan fingerprint density at radius 3 is 2.81 bits per heavy atom. The molecule has 3 nitrogen and oxygen atoms in total. The third-order valence-corrected chi connectivity index (χ3v) is 3.21. The summed E-state index contributed by atoms with van der Waals surface area (Å²) in [6.07, 6.45) is 1.50. The van der Waals surface area contributed by atoms with Gasteiger partial charge in [0.15, 0.2) is 0 Å². The lowest BCUT2D eigenvalue weighted by Crippen LogP contribution is -2.23. The van der Waals surface area contributed by atoms with Crippen LogP contribution >= 0.6 is 0 Å². The molecule has 3 unspecified atom stereocenters. The van der Waals surface area contributed by atoms with E-state index in [1.165, 1.54) is 11.1 Å². The van der Waals surface area contributed by atoms with Crippen LogP contribution in [0.1, 0.15) is 43.0 Å². The molecule has 0 aliphatic heterocycles. The number of benzene rings is 1. The molecule has 3 atom stereocenters. The van der Waals surface area contributed by atoms with Crippen LogP contribution in [0.2, 0.25) is 0 Å². The molecule has 0 spiro atoms. The number of fused-ring (bicyclic) bond motifs is 1. The van der Waals surface area contributed by atoms with Crippen molar-refractivity contribution < 1.29 is 5.11 Å². The molecule has 0 saturated carbocycles. The molecule has 2 rings (SSSR count). The lowest BCUT2D eigenvalue weighted by molar-refractivity contribution is 0.182. The summed E-state index contributed by atoms with van der Waals surface area (Å²) in [5.41, 5.74) is 8.66. The van der Waals surface area contributed by atoms with Gasteiger partial charge in [-0.2, -0.15) is 0 Å². The molecule has 1 aromatic rings. The average molecular weight is 220 g/mol. The Morgan fingerprint density at radius 1 is 1.44 bits per heavy atom. The minimum absolute atomic E-state index is 0.153. The van der Waals surface area contributed by atoms with E-state index >= 15 is 0 Å². The molecular weight excluding hydrogens is 200 g/mol. The first kappa shape index (κ1) is 11.6. The first-order valence-electron chi connectivity index (χ1n) is 5.94. The second-order valence-electron chi connectivity index (χ2n) is 4.62. The summed E-state index contributed by atoms with van der Waals surface area (Å²) in [4.78, 5) is 0. The van der Waals surface area contributed by atoms with Gasteiger partial charge in [0.2, 0.25) is 0 Å². The fourth-order valence-electron chi connectivity index (χ4n) is 2.33. The monoisotopic (exact) mass is 220 g/mol. The molecule has 88 valence electrons. The van der Waals surface area contributed by atoms with Crippen molar-refractivity contribution >= 4 is 0 Å². The van der Waals surface area contributed by atoms with E-state index in [1.807, 2.05) is 13.0 Å². The van der Waals surface area contributed by atoms with Crippen molar-refractivity contribution in [2.24, 2.45) is 5.73 Å². The quantitative estimate of drug-likeness (QED) is 0.720. The molecule has 1 aliphatic carbocycles. The van der Waals surface area contributed by atoms with Crippen molar-refractivity contribution in [1.29, 1.82) is 0 Å². The molecule has 0 radical (unpaired) electrons. The maximum atomic E-state index is 9.21. The highest BCUT2D eigenvalue weighted by molar-refractivity contribution is 5.37. The van der Waals surface area contributed by atoms with E-state index in [4.69, 9.17) is 5.73 Å². The maximum absolute atomic E-state index is 9.21. The topological polar surface area (TPSA) is 58.3 Å². The van der Waals surface area contributed by atoms with Crippen molar-refractivity contribution in [3.05, 3.63) is 35.4 Å². The summed E-state index contributed by atoms with van der Waals surface area (Å²) in [5.74, 6) is 0. The lowest BCUT2D eigenvalue weighted by atomic mass is 10.1. The maximum Gasteiger partial charge on any atom is 0.0524 e. The van der Waals surface area contributed by atoms with Gasteiger partial charge in [-0.25, -0.2) is 0 Å². The van der Waals surface area contributed by atoms with Crippen molar-refractivity contribution in [3.8, 4) is 0 Å². The van der Waals surface area contributed by atoms with Crippen molar-refractivity contribution in [3.63, 3.8) is 0 Å². The standard InChI is InChI=1S/C13H20N2O/c1-9(16)6-7-15-13-8-12(14)10-4-2-3-5-11(10)13/h2-5,9,12-13,15-16H,6-8,14H2,1H3. The zero-order valence-corrected chi connectivity index (χ0v) is 9.69. The summed E-state index contributed by atoms with van der Waals surface area (Å²) in [5, 5.41) is 12.7. The van der Waals surface area contributed by atoms with E-state index in [2.05, 4.69) is 23.5 Å². The third-order valence-electron chi connectivity index (χ3n) is 3.21.